The lowest BCUT2D eigenvalue weighted by molar-refractivity contribution is 0.226. The lowest BCUT2D eigenvalue weighted by Gasteiger charge is -2.16. The number of nitrogens with two attached hydrogens (primary N) is 1. The van der Waals surface area contributed by atoms with Gasteiger partial charge in [0.25, 0.3) is 0 Å². The molecule has 0 amide bonds. The third kappa shape index (κ3) is 3.17. The Morgan fingerprint density at radius 3 is 3.06 bits per heavy atom. The number of amidine groups is 1. The first kappa shape index (κ1) is 11.9. The number of pyridine rings is 1. The fraction of sp³-hybridized carbons (Fsp3) is 0.500. The molecule has 1 saturated carbocycles. The first-order valence-electron chi connectivity index (χ1n) is 5.81. The number of nitrogen functional groups attached to an aromatic ring is 1. The van der Waals surface area contributed by atoms with Crippen LogP contribution >= 0.6 is 0 Å². The fourth-order valence-electron chi connectivity index (χ4n) is 1.70. The number of hydrogen-bond acceptors (Lipinski definition) is 4. The van der Waals surface area contributed by atoms with Gasteiger partial charge in [0.05, 0.1) is 5.56 Å². The van der Waals surface area contributed by atoms with Crippen molar-refractivity contribution in [1.29, 1.82) is 5.41 Å². The standard InChI is InChI=1S/C12H18N4O/c1-16(9-4-5-9)7-8-17-12-10(11(13)14)3-2-6-15-12/h2-3,6,9H,4-5,7-8H2,1H3,(H3,13,14). The molecule has 1 aliphatic rings. The minimum atomic E-state index is -0.0105. The van der Waals surface area contributed by atoms with Crippen molar-refractivity contribution in [3.8, 4) is 5.88 Å². The molecule has 0 saturated heterocycles. The summed E-state index contributed by atoms with van der Waals surface area (Å²) in [5, 5.41) is 7.42. The summed E-state index contributed by atoms with van der Waals surface area (Å²) in [5.74, 6) is 0.438. The van der Waals surface area contributed by atoms with E-state index in [1.165, 1.54) is 12.8 Å². The summed E-state index contributed by atoms with van der Waals surface area (Å²) in [6.45, 7) is 1.45. The van der Waals surface area contributed by atoms with Crippen LogP contribution in [0.5, 0.6) is 5.88 Å². The normalized spacial score (nSPS) is 14.9. The zero-order chi connectivity index (χ0) is 12.3. The highest BCUT2D eigenvalue weighted by atomic mass is 16.5. The zero-order valence-electron chi connectivity index (χ0n) is 10.0. The molecular weight excluding hydrogens is 216 g/mol. The maximum atomic E-state index is 7.42. The zero-order valence-corrected chi connectivity index (χ0v) is 10.0. The van der Waals surface area contributed by atoms with Gasteiger partial charge in [-0.1, -0.05) is 0 Å². The number of rotatable bonds is 6. The van der Waals surface area contributed by atoms with Gasteiger partial charge in [-0.05, 0) is 32.0 Å². The van der Waals surface area contributed by atoms with E-state index in [0.717, 1.165) is 12.6 Å². The highest BCUT2D eigenvalue weighted by molar-refractivity contribution is 5.96. The molecule has 1 aliphatic carbocycles. The van der Waals surface area contributed by atoms with Crippen LogP contribution in [0.3, 0.4) is 0 Å². The van der Waals surface area contributed by atoms with E-state index in [4.69, 9.17) is 15.9 Å². The van der Waals surface area contributed by atoms with Crippen LogP contribution in [0.2, 0.25) is 0 Å². The highest BCUT2D eigenvalue weighted by Crippen LogP contribution is 2.24. The molecule has 0 aromatic carbocycles. The first-order chi connectivity index (χ1) is 8.18. The van der Waals surface area contributed by atoms with E-state index in [2.05, 4.69) is 16.9 Å². The Balaban J connectivity index is 1.87. The molecule has 0 spiro atoms. The molecule has 17 heavy (non-hydrogen) atoms. The molecule has 0 atom stereocenters. The van der Waals surface area contributed by atoms with E-state index in [9.17, 15) is 0 Å². The molecule has 92 valence electrons. The SMILES string of the molecule is CN(CCOc1ncccc1C(=N)N)C1CC1. The van der Waals surface area contributed by atoms with Gasteiger partial charge in [0, 0.05) is 18.8 Å². The third-order valence-electron chi connectivity index (χ3n) is 2.91. The van der Waals surface area contributed by atoms with Crippen LogP contribution in [0.1, 0.15) is 18.4 Å². The summed E-state index contributed by atoms with van der Waals surface area (Å²) in [6.07, 6.45) is 4.23. The summed E-state index contributed by atoms with van der Waals surface area (Å²) < 4.78 is 5.57. The Labute approximate surface area is 101 Å². The van der Waals surface area contributed by atoms with E-state index in [1.807, 2.05) is 0 Å². The van der Waals surface area contributed by atoms with Gasteiger partial charge in [-0.2, -0.15) is 0 Å². The lowest BCUT2D eigenvalue weighted by atomic mass is 10.2. The molecule has 3 N–H and O–H groups in total. The lowest BCUT2D eigenvalue weighted by Crippen LogP contribution is -2.26. The van der Waals surface area contributed by atoms with Crippen LogP contribution in [-0.4, -0.2) is 42.0 Å². The summed E-state index contributed by atoms with van der Waals surface area (Å²) >= 11 is 0. The Kier molecular flexibility index (Phi) is 3.58. The summed E-state index contributed by atoms with van der Waals surface area (Å²) in [4.78, 5) is 6.38. The second-order valence-corrected chi connectivity index (χ2v) is 4.33. The first-order valence-corrected chi connectivity index (χ1v) is 5.81. The van der Waals surface area contributed by atoms with Gasteiger partial charge >= 0.3 is 0 Å². The van der Waals surface area contributed by atoms with Gasteiger partial charge in [-0.25, -0.2) is 4.98 Å². The quantitative estimate of drug-likeness (QED) is 0.565. The van der Waals surface area contributed by atoms with Gasteiger partial charge in [-0.15, -0.1) is 0 Å². The smallest absolute Gasteiger partial charge is 0.224 e. The Hall–Kier alpha value is -1.62. The van der Waals surface area contributed by atoms with Crippen molar-refractivity contribution in [2.75, 3.05) is 20.2 Å². The van der Waals surface area contributed by atoms with Crippen molar-refractivity contribution in [3.63, 3.8) is 0 Å². The predicted octanol–water partition coefficient (Wildman–Crippen LogP) is 0.839. The van der Waals surface area contributed by atoms with E-state index in [1.54, 1.807) is 18.3 Å². The molecular formula is C12H18N4O. The van der Waals surface area contributed by atoms with Crippen LogP contribution < -0.4 is 10.5 Å². The Morgan fingerprint density at radius 1 is 1.65 bits per heavy atom. The molecule has 1 aromatic heterocycles. The van der Waals surface area contributed by atoms with Gasteiger partial charge in [0.1, 0.15) is 12.4 Å². The molecule has 0 unspecified atom stereocenters. The van der Waals surface area contributed by atoms with E-state index >= 15 is 0 Å². The molecule has 1 fully saturated rings. The predicted molar refractivity (Wildman–Crippen MR) is 66.4 cm³/mol. The molecule has 1 heterocycles. The highest BCUT2D eigenvalue weighted by Gasteiger charge is 2.25. The fourth-order valence-corrected chi connectivity index (χ4v) is 1.70. The molecule has 2 rings (SSSR count). The largest absolute Gasteiger partial charge is 0.476 e. The minimum Gasteiger partial charge on any atom is -0.476 e. The average Bonchev–Trinajstić information content (AvgIpc) is 3.13. The van der Waals surface area contributed by atoms with Crippen molar-refractivity contribution in [3.05, 3.63) is 23.9 Å². The number of aromatic nitrogens is 1. The summed E-state index contributed by atoms with van der Waals surface area (Å²) in [6, 6.07) is 4.23. The summed E-state index contributed by atoms with van der Waals surface area (Å²) in [5.41, 5.74) is 6.01. The van der Waals surface area contributed by atoms with Crippen molar-refractivity contribution in [2.45, 2.75) is 18.9 Å². The Morgan fingerprint density at radius 2 is 2.41 bits per heavy atom. The molecule has 5 nitrogen and oxygen atoms in total. The molecule has 0 bridgehead atoms. The van der Waals surface area contributed by atoms with Gasteiger partial charge in [0.15, 0.2) is 0 Å². The van der Waals surface area contributed by atoms with Gasteiger partial charge in [0.2, 0.25) is 5.88 Å². The van der Waals surface area contributed by atoms with Crippen molar-refractivity contribution >= 4 is 5.84 Å². The monoisotopic (exact) mass is 234 g/mol. The minimum absolute atomic E-state index is 0.0105. The molecule has 0 aliphatic heterocycles. The molecule has 5 heteroatoms. The van der Waals surface area contributed by atoms with Gasteiger partial charge < -0.3 is 15.4 Å². The van der Waals surface area contributed by atoms with Crippen LogP contribution in [0.4, 0.5) is 0 Å². The maximum Gasteiger partial charge on any atom is 0.224 e. The number of nitrogens with one attached hydrogen (secondary N) is 1. The van der Waals surface area contributed by atoms with E-state index in [-0.39, 0.29) is 5.84 Å². The van der Waals surface area contributed by atoms with Crippen LogP contribution in [0.25, 0.3) is 0 Å². The van der Waals surface area contributed by atoms with Gasteiger partial charge in [-0.3, -0.25) is 5.41 Å². The van der Waals surface area contributed by atoms with Crippen molar-refractivity contribution < 1.29 is 4.74 Å². The van der Waals surface area contributed by atoms with Crippen LogP contribution in [0.15, 0.2) is 18.3 Å². The van der Waals surface area contributed by atoms with Crippen LogP contribution in [-0.2, 0) is 0 Å². The average molecular weight is 234 g/mol. The van der Waals surface area contributed by atoms with Crippen molar-refractivity contribution in [1.82, 2.24) is 9.88 Å². The second-order valence-electron chi connectivity index (χ2n) is 4.33. The topological polar surface area (TPSA) is 75.2 Å². The number of likely N-dealkylation sites (N-methyl/N-ethyl adjacent to an activating group) is 1. The number of nitrogens with zero attached hydrogens (tertiary/aromatic N) is 2. The Bertz CT molecular complexity index is 403. The molecule has 1 aromatic rings. The van der Waals surface area contributed by atoms with E-state index in [0.29, 0.717) is 18.1 Å². The number of ether oxygens (including phenoxy) is 1. The molecule has 0 radical (unpaired) electrons. The third-order valence-corrected chi connectivity index (χ3v) is 2.91. The summed E-state index contributed by atoms with van der Waals surface area (Å²) in [7, 11) is 2.10. The maximum absolute atomic E-state index is 7.42. The van der Waals surface area contributed by atoms with Crippen LogP contribution in [0, 0.1) is 5.41 Å². The number of hydrogen-bond donors (Lipinski definition) is 2. The van der Waals surface area contributed by atoms with E-state index < -0.39 is 0 Å². The van der Waals surface area contributed by atoms with Crippen molar-refractivity contribution in [2.24, 2.45) is 5.73 Å². The second kappa shape index (κ2) is 5.14.